The fourth-order valence-corrected chi connectivity index (χ4v) is 1.73. The molecule has 0 bridgehead atoms. The number of non-ortho nitro benzene ring substituents is 1. The molecule has 0 aliphatic rings. The molecule has 1 amide bonds. The van der Waals surface area contributed by atoms with Crippen LogP contribution in [0, 0.1) is 22.5 Å². The lowest BCUT2D eigenvalue weighted by atomic mass is 10.2. The van der Waals surface area contributed by atoms with Crippen LogP contribution in [0.2, 0.25) is 0 Å². The normalized spacial score (nSPS) is 9.59. The third-order valence-electron chi connectivity index (χ3n) is 2.75. The maximum absolute atomic E-state index is 12.1. The van der Waals surface area contributed by atoms with Gasteiger partial charge in [0, 0.05) is 23.4 Å². The fraction of sp³-hybridized carbons (Fsp3) is 0.0625. The number of carbonyl (C=O) groups is 1. The van der Waals surface area contributed by atoms with E-state index < -0.39 is 4.92 Å². The number of anilines is 1. The molecular formula is C16H12N2O4. The highest BCUT2D eigenvalue weighted by molar-refractivity contribution is 6.04. The zero-order valence-electron chi connectivity index (χ0n) is 11.5. The first-order chi connectivity index (χ1) is 10.6. The molecule has 110 valence electrons. The first kappa shape index (κ1) is 15.1. The maximum atomic E-state index is 12.1. The number of benzene rings is 2. The third kappa shape index (κ3) is 3.84. The number of hydrogen-bond acceptors (Lipinski definition) is 4. The second-order valence-corrected chi connectivity index (χ2v) is 4.28. The summed E-state index contributed by atoms with van der Waals surface area (Å²) >= 11 is 0. The molecule has 0 saturated heterocycles. The molecule has 0 fully saturated rings. The topological polar surface area (TPSA) is 81.5 Å². The SMILES string of the molecule is C#CCOc1ccc(C(=O)Nc2cccc([N+](=O)[O-])c2)cc1. The minimum atomic E-state index is -0.521. The summed E-state index contributed by atoms with van der Waals surface area (Å²) in [5.41, 5.74) is 0.669. The van der Waals surface area contributed by atoms with Gasteiger partial charge >= 0.3 is 0 Å². The Hall–Kier alpha value is -3.33. The van der Waals surface area contributed by atoms with Gasteiger partial charge in [-0.05, 0) is 30.3 Å². The summed E-state index contributed by atoms with van der Waals surface area (Å²) in [6.45, 7) is 0.152. The molecule has 1 N–H and O–H groups in total. The Kier molecular flexibility index (Phi) is 4.73. The minimum absolute atomic E-state index is 0.0872. The van der Waals surface area contributed by atoms with E-state index in [0.29, 0.717) is 17.0 Å². The first-order valence-corrected chi connectivity index (χ1v) is 6.32. The summed E-state index contributed by atoms with van der Waals surface area (Å²) in [6.07, 6.45) is 5.09. The lowest BCUT2D eigenvalue weighted by Gasteiger charge is -2.06. The lowest BCUT2D eigenvalue weighted by Crippen LogP contribution is -2.11. The molecule has 0 radical (unpaired) electrons. The quantitative estimate of drug-likeness (QED) is 0.522. The van der Waals surface area contributed by atoms with Gasteiger partial charge in [0.15, 0.2) is 0 Å². The van der Waals surface area contributed by atoms with Gasteiger partial charge in [0.2, 0.25) is 0 Å². The monoisotopic (exact) mass is 296 g/mol. The number of hydrogen-bond donors (Lipinski definition) is 1. The predicted molar refractivity (Wildman–Crippen MR) is 81.8 cm³/mol. The van der Waals surface area contributed by atoms with Gasteiger partial charge in [-0.1, -0.05) is 12.0 Å². The highest BCUT2D eigenvalue weighted by Gasteiger charge is 2.10. The average molecular weight is 296 g/mol. The summed E-state index contributed by atoms with van der Waals surface area (Å²) in [5.74, 6) is 2.53. The number of ether oxygens (including phenoxy) is 1. The van der Waals surface area contributed by atoms with E-state index in [0.717, 1.165) is 0 Å². The average Bonchev–Trinajstić information content (AvgIpc) is 2.53. The number of carbonyl (C=O) groups excluding carboxylic acids is 1. The van der Waals surface area contributed by atoms with Crippen LogP contribution in [0.4, 0.5) is 11.4 Å². The van der Waals surface area contributed by atoms with Crippen LogP contribution in [0.25, 0.3) is 0 Å². The van der Waals surface area contributed by atoms with Gasteiger partial charge in [0.1, 0.15) is 12.4 Å². The molecule has 0 spiro atoms. The van der Waals surface area contributed by atoms with E-state index in [-0.39, 0.29) is 18.2 Å². The van der Waals surface area contributed by atoms with E-state index in [2.05, 4.69) is 11.2 Å². The molecule has 2 aromatic rings. The van der Waals surface area contributed by atoms with Crippen molar-refractivity contribution in [3.63, 3.8) is 0 Å². The lowest BCUT2D eigenvalue weighted by molar-refractivity contribution is -0.384. The Bertz CT molecular complexity index is 733. The molecule has 0 unspecified atom stereocenters. The van der Waals surface area contributed by atoms with Crippen molar-refractivity contribution in [1.82, 2.24) is 0 Å². The molecule has 0 aromatic heterocycles. The van der Waals surface area contributed by atoms with Gasteiger partial charge in [-0.3, -0.25) is 14.9 Å². The molecule has 0 aliphatic carbocycles. The van der Waals surface area contributed by atoms with Gasteiger partial charge < -0.3 is 10.1 Å². The van der Waals surface area contributed by atoms with Crippen LogP contribution < -0.4 is 10.1 Å². The van der Waals surface area contributed by atoms with Crippen molar-refractivity contribution in [2.45, 2.75) is 0 Å². The van der Waals surface area contributed by atoms with Crippen molar-refractivity contribution >= 4 is 17.3 Å². The van der Waals surface area contributed by atoms with Crippen LogP contribution in [0.15, 0.2) is 48.5 Å². The summed E-state index contributed by atoms with van der Waals surface area (Å²) < 4.78 is 5.21. The Morgan fingerprint density at radius 1 is 1.27 bits per heavy atom. The minimum Gasteiger partial charge on any atom is -0.481 e. The zero-order chi connectivity index (χ0) is 15.9. The number of nitro groups is 1. The Balaban J connectivity index is 2.07. The van der Waals surface area contributed by atoms with E-state index in [1.165, 1.54) is 18.2 Å². The number of terminal acetylenes is 1. The fourth-order valence-electron chi connectivity index (χ4n) is 1.73. The Labute approximate surface area is 126 Å². The second-order valence-electron chi connectivity index (χ2n) is 4.28. The van der Waals surface area contributed by atoms with E-state index in [4.69, 9.17) is 11.2 Å². The van der Waals surface area contributed by atoms with E-state index >= 15 is 0 Å². The van der Waals surface area contributed by atoms with E-state index in [9.17, 15) is 14.9 Å². The van der Waals surface area contributed by atoms with E-state index in [1.54, 1.807) is 30.3 Å². The molecule has 0 heterocycles. The van der Waals surface area contributed by atoms with Crippen molar-refractivity contribution in [3.05, 3.63) is 64.2 Å². The molecule has 0 atom stereocenters. The van der Waals surface area contributed by atoms with Crippen LogP contribution in [-0.4, -0.2) is 17.4 Å². The Morgan fingerprint density at radius 3 is 2.64 bits per heavy atom. The zero-order valence-corrected chi connectivity index (χ0v) is 11.5. The number of nitrogens with zero attached hydrogens (tertiary/aromatic N) is 1. The third-order valence-corrected chi connectivity index (χ3v) is 2.75. The molecule has 2 rings (SSSR count). The number of nitrogens with one attached hydrogen (secondary N) is 1. The van der Waals surface area contributed by atoms with Crippen LogP contribution in [-0.2, 0) is 0 Å². The summed E-state index contributed by atoms with van der Waals surface area (Å²) in [5, 5.41) is 13.3. The van der Waals surface area contributed by atoms with Crippen molar-refractivity contribution in [1.29, 1.82) is 0 Å². The largest absolute Gasteiger partial charge is 0.481 e. The van der Waals surface area contributed by atoms with Crippen LogP contribution >= 0.6 is 0 Å². The standard InChI is InChI=1S/C16H12N2O4/c1-2-10-22-15-8-6-12(7-9-15)16(19)17-13-4-3-5-14(11-13)18(20)21/h1,3-9,11H,10H2,(H,17,19). The second kappa shape index (κ2) is 6.90. The van der Waals surface area contributed by atoms with Gasteiger partial charge in [-0.2, -0.15) is 0 Å². The summed E-state index contributed by atoms with van der Waals surface area (Å²) in [6, 6.07) is 12.1. The van der Waals surface area contributed by atoms with Crippen molar-refractivity contribution in [2.75, 3.05) is 11.9 Å². The summed E-state index contributed by atoms with van der Waals surface area (Å²) in [4.78, 5) is 22.2. The van der Waals surface area contributed by atoms with Gasteiger partial charge in [0.05, 0.1) is 4.92 Å². The number of rotatable bonds is 5. The molecule has 0 aliphatic heterocycles. The smallest absolute Gasteiger partial charge is 0.271 e. The van der Waals surface area contributed by atoms with Crippen LogP contribution in [0.1, 0.15) is 10.4 Å². The molecule has 2 aromatic carbocycles. The van der Waals surface area contributed by atoms with Gasteiger partial charge in [0.25, 0.3) is 11.6 Å². The van der Waals surface area contributed by atoms with Crippen molar-refractivity contribution in [3.8, 4) is 18.1 Å². The maximum Gasteiger partial charge on any atom is 0.271 e. The predicted octanol–water partition coefficient (Wildman–Crippen LogP) is 2.86. The highest BCUT2D eigenvalue weighted by Crippen LogP contribution is 2.18. The highest BCUT2D eigenvalue weighted by atomic mass is 16.6. The number of amides is 1. The molecule has 6 nitrogen and oxygen atoms in total. The molecule has 6 heteroatoms. The molecule has 0 saturated carbocycles. The first-order valence-electron chi connectivity index (χ1n) is 6.32. The molecular weight excluding hydrogens is 284 g/mol. The van der Waals surface area contributed by atoms with Crippen LogP contribution in [0.5, 0.6) is 5.75 Å². The van der Waals surface area contributed by atoms with Crippen molar-refractivity contribution < 1.29 is 14.5 Å². The van der Waals surface area contributed by atoms with Crippen molar-refractivity contribution in [2.24, 2.45) is 0 Å². The Morgan fingerprint density at radius 2 is 2.00 bits per heavy atom. The number of nitro benzene ring substituents is 1. The molecule has 22 heavy (non-hydrogen) atoms. The van der Waals surface area contributed by atoms with Crippen LogP contribution in [0.3, 0.4) is 0 Å². The van der Waals surface area contributed by atoms with Gasteiger partial charge in [-0.25, -0.2) is 0 Å². The van der Waals surface area contributed by atoms with Gasteiger partial charge in [-0.15, -0.1) is 6.42 Å². The van der Waals surface area contributed by atoms with E-state index in [1.807, 2.05) is 0 Å². The summed E-state index contributed by atoms with van der Waals surface area (Å²) in [7, 11) is 0.